The summed E-state index contributed by atoms with van der Waals surface area (Å²) in [5, 5.41) is 12.3. The smallest absolute Gasteiger partial charge is 0.278 e. The van der Waals surface area contributed by atoms with E-state index in [-0.39, 0.29) is 11.7 Å². The van der Waals surface area contributed by atoms with Crippen LogP contribution in [0, 0.1) is 5.82 Å². The van der Waals surface area contributed by atoms with E-state index in [1.165, 1.54) is 12.1 Å². The van der Waals surface area contributed by atoms with Gasteiger partial charge in [-0.15, -0.1) is 10.2 Å². The molecule has 0 fully saturated rings. The molecule has 24 heavy (non-hydrogen) atoms. The average molecular weight is 327 g/mol. The van der Waals surface area contributed by atoms with Crippen LogP contribution in [0.2, 0.25) is 0 Å². The van der Waals surface area contributed by atoms with Crippen LogP contribution < -0.4 is 4.90 Å². The van der Waals surface area contributed by atoms with Gasteiger partial charge in [0.2, 0.25) is 5.82 Å². The molecule has 2 heterocycles. The summed E-state index contributed by atoms with van der Waals surface area (Å²) in [5.41, 5.74) is 1.18. The van der Waals surface area contributed by atoms with Crippen LogP contribution in [0.1, 0.15) is 19.8 Å². The predicted molar refractivity (Wildman–Crippen MR) is 88.9 cm³/mol. The SMILES string of the molecule is CCCCN(C)c1ccc(-c2nc(-c3ccc(F)cc3)no2)nn1. The van der Waals surface area contributed by atoms with Crippen molar-refractivity contribution in [1.29, 1.82) is 0 Å². The van der Waals surface area contributed by atoms with E-state index in [0.717, 1.165) is 25.2 Å². The van der Waals surface area contributed by atoms with Gasteiger partial charge in [-0.3, -0.25) is 0 Å². The quantitative estimate of drug-likeness (QED) is 0.689. The summed E-state index contributed by atoms with van der Waals surface area (Å²) in [4.78, 5) is 6.34. The summed E-state index contributed by atoms with van der Waals surface area (Å²) < 4.78 is 18.2. The van der Waals surface area contributed by atoms with Gasteiger partial charge >= 0.3 is 0 Å². The summed E-state index contributed by atoms with van der Waals surface area (Å²) in [6.07, 6.45) is 2.23. The highest BCUT2D eigenvalue weighted by Gasteiger charge is 2.13. The lowest BCUT2D eigenvalue weighted by molar-refractivity contribution is 0.430. The highest BCUT2D eigenvalue weighted by atomic mass is 19.1. The van der Waals surface area contributed by atoms with Crippen LogP contribution in [0.3, 0.4) is 0 Å². The van der Waals surface area contributed by atoms with Crippen LogP contribution in [-0.4, -0.2) is 33.9 Å². The first-order chi connectivity index (χ1) is 11.7. The number of benzene rings is 1. The molecular formula is C17H18FN5O. The lowest BCUT2D eigenvalue weighted by Crippen LogP contribution is -2.19. The van der Waals surface area contributed by atoms with Crippen molar-refractivity contribution < 1.29 is 8.91 Å². The van der Waals surface area contributed by atoms with Crippen molar-refractivity contribution in [3.05, 3.63) is 42.2 Å². The molecule has 0 N–H and O–H groups in total. The zero-order valence-corrected chi connectivity index (χ0v) is 13.6. The Morgan fingerprint density at radius 3 is 2.54 bits per heavy atom. The third-order valence-corrected chi connectivity index (χ3v) is 3.64. The fourth-order valence-electron chi connectivity index (χ4n) is 2.20. The van der Waals surface area contributed by atoms with Crippen LogP contribution in [-0.2, 0) is 0 Å². The third-order valence-electron chi connectivity index (χ3n) is 3.64. The first-order valence-electron chi connectivity index (χ1n) is 7.82. The Morgan fingerprint density at radius 2 is 1.88 bits per heavy atom. The Kier molecular flexibility index (Phi) is 4.79. The van der Waals surface area contributed by atoms with E-state index in [9.17, 15) is 4.39 Å². The van der Waals surface area contributed by atoms with Crippen molar-refractivity contribution in [2.75, 3.05) is 18.5 Å². The third kappa shape index (κ3) is 3.56. The molecule has 3 rings (SSSR count). The van der Waals surface area contributed by atoms with Crippen LogP contribution in [0.5, 0.6) is 0 Å². The molecule has 0 unspecified atom stereocenters. The Labute approximate surface area is 139 Å². The van der Waals surface area contributed by atoms with Gasteiger partial charge < -0.3 is 9.42 Å². The molecule has 0 radical (unpaired) electrons. The highest BCUT2D eigenvalue weighted by Crippen LogP contribution is 2.21. The van der Waals surface area contributed by atoms with E-state index < -0.39 is 0 Å². The minimum Gasteiger partial charge on any atom is -0.358 e. The molecule has 6 nitrogen and oxygen atoms in total. The van der Waals surface area contributed by atoms with E-state index in [4.69, 9.17) is 4.52 Å². The second-order valence-electron chi connectivity index (χ2n) is 5.48. The molecule has 2 aromatic heterocycles. The van der Waals surface area contributed by atoms with Gasteiger partial charge in [-0.1, -0.05) is 18.5 Å². The highest BCUT2D eigenvalue weighted by molar-refractivity contribution is 5.58. The lowest BCUT2D eigenvalue weighted by Gasteiger charge is -2.16. The Balaban J connectivity index is 1.76. The predicted octanol–water partition coefficient (Wildman–Crippen LogP) is 3.57. The zero-order chi connectivity index (χ0) is 16.9. The maximum Gasteiger partial charge on any atom is 0.278 e. The summed E-state index contributed by atoms with van der Waals surface area (Å²) in [6.45, 7) is 3.08. The Hall–Kier alpha value is -2.83. The summed E-state index contributed by atoms with van der Waals surface area (Å²) in [5.74, 6) is 1.15. The van der Waals surface area contributed by atoms with Crippen LogP contribution in [0.25, 0.3) is 23.0 Å². The van der Waals surface area contributed by atoms with E-state index in [2.05, 4.69) is 32.2 Å². The van der Waals surface area contributed by atoms with E-state index >= 15 is 0 Å². The molecule has 0 amide bonds. The number of hydrogen-bond donors (Lipinski definition) is 0. The molecule has 124 valence electrons. The Morgan fingerprint density at radius 1 is 1.08 bits per heavy atom. The fourth-order valence-corrected chi connectivity index (χ4v) is 2.20. The van der Waals surface area contributed by atoms with Gasteiger partial charge in [0.05, 0.1) is 0 Å². The minimum atomic E-state index is -0.309. The van der Waals surface area contributed by atoms with Gasteiger partial charge in [0, 0.05) is 19.2 Å². The zero-order valence-electron chi connectivity index (χ0n) is 13.6. The van der Waals surface area contributed by atoms with Gasteiger partial charge in [0.15, 0.2) is 11.5 Å². The van der Waals surface area contributed by atoms with E-state index in [0.29, 0.717) is 17.1 Å². The first-order valence-corrected chi connectivity index (χ1v) is 7.82. The average Bonchev–Trinajstić information content (AvgIpc) is 3.10. The minimum absolute atomic E-state index is 0.282. The Bertz CT molecular complexity index is 786. The van der Waals surface area contributed by atoms with Crippen molar-refractivity contribution in [3.8, 4) is 23.0 Å². The number of unbranched alkanes of at least 4 members (excludes halogenated alkanes) is 1. The van der Waals surface area contributed by atoms with Gasteiger partial charge in [-0.05, 0) is 42.8 Å². The molecule has 0 saturated heterocycles. The van der Waals surface area contributed by atoms with Crippen LogP contribution in [0.4, 0.5) is 10.2 Å². The van der Waals surface area contributed by atoms with Crippen LogP contribution in [0.15, 0.2) is 40.9 Å². The summed E-state index contributed by atoms with van der Waals surface area (Å²) in [7, 11) is 1.98. The number of anilines is 1. The lowest BCUT2D eigenvalue weighted by atomic mass is 10.2. The van der Waals surface area contributed by atoms with Crippen molar-refractivity contribution in [2.24, 2.45) is 0 Å². The first kappa shape index (κ1) is 16.0. The normalized spacial score (nSPS) is 10.8. The number of aromatic nitrogens is 4. The van der Waals surface area contributed by atoms with Gasteiger partial charge in [-0.2, -0.15) is 4.98 Å². The van der Waals surface area contributed by atoms with Crippen molar-refractivity contribution in [3.63, 3.8) is 0 Å². The van der Waals surface area contributed by atoms with Crippen molar-refractivity contribution in [1.82, 2.24) is 20.3 Å². The molecule has 0 spiro atoms. The number of hydrogen-bond acceptors (Lipinski definition) is 6. The molecular weight excluding hydrogens is 309 g/mol. The van der Waals surface area contributed by atoms with Gasteiger partial charge in [-0.25, -0.2) is 4.39 Å². The summed E-state index contributed by atoms with van der Waals surface area (Å²) in [6, 6.07) is 9.58. The molecule has 0 aliphatic heterocycles. The van der Waals surface area contributed by atoms with E-state index in [1.807, 2.05) is 13.1 Å². The molecule has 0 saturated carbocycles. The molecule has 0 aliphatic rings. The number of halogens is 1. The molecule has 7 heteroatoms. The van der Waals surface area contributed by atoms with Crippen LogP contribution >= 0.6 is 0 Å². The van der Waals surface area contributed by atoms with E-state index in [1.54, 1.807) is 18.2 Å². The maximum atomic E-state index is 13.0. The van der Waals surface area contributed by atoms with Crippen molar-refractivity contribution in [2.45, 2.75) is 19.8 Å². The maximum absolute atomic E-state index is 13.0. The second kappa shape index (κ2) is 7.16. The molecule has 1 aromatic carbocycles. The number of rotatable bonds is 6. The standard InChI is InChI=1S/C17H18FN5O/c1-3-4-11-23(2)15-10-9-14(20-21-15)17-19-16(22-24-17)12-5-7-13(18)8-6-12/h5-10H,3-4,11H2,1-2H3. The molecule has 0 bridgehead atoms. The molecule has 3 aromatic rings. The van der Waals surface area contributed by atoms with Gasteiger partial charge in [0.25, 0.3) is 5.89 Å². The van der Waals surface area contributed by atoms with Crippen molar-refractivity contribution >= 4 is 5.82 Å². The monoisotopic (exact) mass is 327 g/mol. The fraction of sp³-hybridized carbons (Fsp3) is 0.294. The molecule has 0 aliphatic carbocycles. The second-order valence-corrected chi connectivity index (χ2v) is 5.48. The summed E-state index contributed by atoms with van der Waals surface area (Å²) >= 11 is 0. The number of nitrogens with zero attached hydrogens (tertiary/aromatic N) is 5. The topological polar surface area (TPSA) is 67.9 Å². The molecule has 0 atom stereocenters. The largest absolute Gasteiger partial charge is 0.358 e. The van der Waals surface area contributed by atoms with Gasteiger partial charge in [0.1, 0.15) is 5.82 Å².